The second-order valence-electron chi connectivity index (χ2n) is 3.96. The lowest BCUT2D eigenvalue weighted by atomic mass is 10.0. The molecule has 2 N–H and O–H groups in total. The van der Waals surface area contributed by atoms with Crippen LogP contribution in [0.4, 0.5) is 30.7 Å². The summed E-state index contributed by atoms with van der Waals surface area (Å²) in [5, 5.41) is 0. The average Bonchev–Trinajstić information content (AvgIpc) is 2.26. The molecule has 0 heterocycles. The summed E-state index contributed by atoms with van der Waals surface area (Å²) in [6.07, 6.45) is -14.5. The molecule has 0 saturated carbocycles. The maximum atomic E-state index is 12.6. The third-order valence-corrected chi connectivity index (χ3v) is 2.27. The van der Waals surface area contributed by atoms with Crippen LogP contribution in [0.15, 0.2) is 24.3 Å². The van der Waals surface area contributed by atoms with E-state index in [2.05, 4.69) is 4.74 Å². The molecular weight excluding hydrogens is 331 g/mol. The van der Waals surface area contributed by atoms with E-state index in [1.54, 1.807) is 0 Å². The minimum atomic E-state index is -4.67. The maximum absolute atomic E-state index is 12.6. The Labute approximate surface area is 121 Å². The number of benzene rings is 1. The minimum absolute atomic E-state index is 0. The molecule has 2 nitrogen and oxygen atoms in total. The fourth-order valence-electron chi connectivity index (χ4n) is 1.35. The Kier molecular flexibility index (Phi) is 6.75. The normalized spacial score (nSPS) is 13.8. The molecule has 0 aliphatic rings. The zero-order chi connectivity index (χ0) is 15.6. The van der Waals surface area contributed by atoms with Crippen molar-refractivity contribution >= 4 is 12.4 Å². The Hall–Kier alpha value is -1.22. The molecule has 1 aromatic rings. The van der Waals surface area contributed by atoms with E-state index in [0.717, 1.165) is 24.3 Å². The lowest BCUT2D eigenvalue weighted by Gasteiger charge is -2.18. The Morgan fingerprint density at radius 3 is 1.86 bits per heavy atom. The Bertz CT molecular complexity index is 435. The highest BCUT2D eigenvalue weighted by atomic mass is 35.5. The maximum Gasteiger partial charge on any atom is 0.461 e. The monoisotopic (exact) mass is 341 g/mol. The topological polar surface area (TPSA) is 35.2 Å². The van der Waals surface area contributed by atoms with Gasteiger partial charge in [-0.05, 0) is 17.7 Å². The molecule has 1 aromatic carbocycles. The molecule has 122 valence electrons. The minimum Gasteiger partial charge on any atom is -0.428 e. The summed E-state index contributed by atoms with van der Waals surface area (Å²) in [5.41, 5.74) is 5.30. The summed E-state index contributed by atoms with van der Waals surface area (Å²) in [6.45, 7) is 0. The van der Waals surface area contributed by atoms with Gasteiger partial charge in [-0.2, -0.15) is 30.7 Å². The van der Waals surface area contributed by atoms with Gasteiger partial charge in [-0.25, -0.2) is 0 Å². The van der Waals surface area contributed by atoms with Crippen LogP contribution >= 0.6 is 12.4 Å². The zero-order valence-electron chi connectivity index (χ0n) is 10.2. The average molecular weight is 342 g/mol. The van der Waals surface area contributed by atoms with Crippen LogP contribution in [0, 0.1) is 0 Å². The van der Waals surface area contributed by atoms with E-state index in [0.29, 0.717) is 0 Å². The fourth-order valence-corrected chi connectivity index (χ4v) is 1.35. The highest BCUT2D eigenvalue weighted by molar-refractivity contribution is 5.85. The Morgan fingerprint density at radius 2 is 1.48 bits per heavy atom. The summed E-state index contributed by atoms with van der Waals surface area (Å²) < 4.78 is 88.9. The SMILES string of the molecule is Cl.N[C@@H](CC(F)(F)F)c1ccc(OC(F)(F)C(F)F)cc1. The summed E-state index contributed by atoms with van der Waals surface area (Å²) in [4.78, 5) is 0. The van der Waals surface area contributed by atoms with Crippen molar-refractivity contribution < 1.29 is 35.5 Å². The van der Waals surface area contributed by atoms with Crippen LogP contribution in [0.2, 0.25) is 0 Å². The van der Waals surface area contributed by atoms with Gasteiger partial charge in [0.15, 0.2) is 0 Å². The second kappa shape index (κ2) is 7.17. The molecule has 0 spiro atoms. The van der Waals surface area contributed by atoms with Crippen LogP contribution in [-0.2, 0) is 0 Å². The smallest absolute Gasteiger partial charge is 0.428 e. The van der Waals surface area contributed by atoms with Crippen molar-refractivity contribution in [2.75, 3.05) is 0 Å². The molecule has 0 aromatic heterocycles. The van der Waals surface area contributed by atoms with Crippen LogP contribution in [0.25, 0.3) is 0 Å². The molecule has 0 fully saturated rings. The van der Waals surface area contributed by atoms with Crippen molar-refractivity contribution in [1.82, 2.24) is 0 Å². The first-order chi connectivity index (χ1) is 9.01. The first-order valence-electron chi connectivity index (χ1n) is 5.28. The summed E-state index contributed by atoms with van der Waals surface area (Å²) in [6, 6.07) is 2.34. The molecular formula is C11H11ClF7NO. The van der Waals surface area contributed by atoms with E-state index in [-0.39, 0.29) is 18.0 Å². The zero-order valence-corrected chi connectivity index (χ0v) is 11.0. The van der Waals surface area contributed by atoms with Gasteiger partial charge in [-0.15, -0.1) is 12.4 Å². The Balaban J connectivity index is 0.00000400. The van der Waals surface area contributed by atoms with Gasteiger partial charge in [0, 0.05) is 6.04 Å². The number of hydrogen-bond acceptors (Lipinski definition) is 2. The van der Waals surface area contributed by atoms with Gasteiger partial charge in [0.1, 0.15) is 5.75 Å². The van der Waals surface area contributed by atoms with Crippen LogP contribution in [0.1, 0.15) is 18.0 Å². The first kappa shape index (κ1) is 19.8. The molecule has 10 heteroatoms. The van der Waals surface area contributed by atoms with E-state index in [4.69, 9.17) is 5.73 Å². The van der Waals surface area contributed by atoms with Crippen molar-refractivity contribution in [2.45, 2.75) is 31.2 Å². The molecule has 0 aliphatic heterocycles. The summed E-state index contributed by atoms with van der Waals surface area (Å²) >= 11 is 0. The van der Waals surface area contributed by atoms with E-state index in [1.165, 1.54) is 0 Å². The lowest BCUT2D eigenvalue weighted by molar-refractivity contribution is -0.253. The summed E-state index contributed by atoms with van der Waals surface area (Å²) in [5.74, 6) is -0.599. The van der Waals surface area contributed by atoms with Gasteiger partial charge in [0.25, 0.3) is 0 Å². The van der Waals surface area contributed by atoms with Gasteiger partial charge in [0.05, 0.1) is 6.42 Å². The molecule has 0 saturated heterocycles. The third kappa shape index (κ3) is 6.38. The molecule has 0 bridgehead atoms. The lowest BCUT2D eigenvalue weighted by Crippen LogP contribution is -2.33. The van der Waals surface area contributed by atoms with Crippen molar-refractivity contribution in [1.29, 1.82) is 0 Å². The fraction of sp³-hybridized carbons (Fsp3) is 0.455. The van der Waals surface area contributed by atoms with Crippen molar-refractivity contribution in [3.8, 4) is 5.75 Å². The van der Waals surface area contributed by atoms with Crippen LogP contribution in [-0.4, -0.2) is 18.7 Å². The molecule has 0 radical (unpaired) electrons. The van der Waals surface area contributed by atoms with E-state index in [9.17, 15) is 30.7 Å². The van der Waals surface area contributed by atoms with E-state index < -0.39 is 36.9 Å². The van der Waals surface area contributed by atoms with Gasteiger partial charge in [-0.1, -0.05) is 12.1 Å². The number of ether oxygens (including phenoxy) is 1. The third-order valence-electron chi connectivity index (χ3n) is 2.27. The highest BCUT2D eigenvalue weighted by Crippen LogP contribution is 2.31. The predicted molar refractivity (Wildman–Crippen MR) is 62.9 cm³/mol. The van der Waals surface area contributed by atoms with Gasteiger partial charge < -0.3 is 10.5 Å². The van der Waals surface area contributed by atoms with Gasteiger partial charge in [0.2, 0.25) is 0 Å². The number of nitrogens with two attached hydrogens (primary N) is 1. The molecule has 0 amide bonds. The molecule has 0 aliphatic carbocycles. The van der Waals surface area contributed by atoms with Crippen LogP contribution < -0.4 is 10.5 Å². The van der Waals surface area contributed by atoms with Crippen molar-refractivity contribution in [3.63, 3.8) is 0 Å². The predicted octanol–water partition coefficient (Wildman–Crippen LogP) is 4.30. The molecule has 1 atom stereocenters. The van der Waals surface area contributed by atoms with Gasteiger partial charge in [-0.3, -0.25) is 0 Å². The standard InChI is InChI=1S/C11H10F7NO.ClH/c12-9(13)11(17,18)20-7-3-1-6(2-4-7)8(19)5-10(14,15)16;/h1-4,8-9H,5,19H2;1H/t8-;/m0./s1. The largest absolute Gasteiger partial charge is 0.461 e. The molecule has 1 rings (SSSR count). The summed E-state index contributed by atoms with van der Waals surface area (Å²) in [7, 11) is 0. The number of alkyl halides is 7. The van der Waals surface area contributed by atoms with Gasteiger partial charge >= 0.3 is 18.7 Å². The molecule has 0 unspecified atom stereocenters. The van der Waals surface area contributed by atoms with Crippen molar-refractivity contribution in [3.05, 3.63) is 29.8 Å². The Morgan fingerprint density at radius 1 is 1.00 bits per heavy atom. The van der Waals surface area contributed by atoms with E-state index >= 15 is 0 Å². The van der Waals surface area contributed by atoms with Crippen LogP contribution in [0.5, 0.6) is 5.75 Å². The van der Waals surface area contributed by atoms with Crippen LogP contribution in [0.3, 0.4) is 0 Å². The molecule has 21 heavy (non-hydrogen) atoms. The number of hydrogen-bond donors (Lipinski definition) is 1. The van der Waals surface area contributed by atoms with E-state index in [1.807, 2.05) is 0 Å². The first-order valence-corrected chi connectivity index (χ1v) is 5.28. The number of halogens is 8. The van der Waals surface area contributed by atoms with Crippen molar-refractivity contribution in [2.24, 2.45) is 5.73 Å². The number of rotatable bonds is 5. The highest BCUT2D eigenvalue weighted by Gasteiger charge is 2.44. The second-order valence-corrected chi connectivity index (χ2v) is 3.96. The quantitative estimate of drug-likeness (QED) is 0.811.